The fraction of sp³-hybridized carbons (Fsp3) is 0.250. The van der Waals surface area contributed by atoms with E-state index in [0.717, 1.165) is 52.6 Å². The van der Waals surface area contributed by atoms with Crippen LogP contribution in [0.25, 0.3) is 22.0 Å². The molecule has 8 heteroatoms. The Morgan fingerprint density at radius 3 is 2.33 bits per heavy atom. The summed E-state index contributed by atoms with van der Waals surface area (Å²) in [5.41, 5.74) is 2.26. The summed E-state index contributed by atoms with van der Waals surface area (Å²) in [6, 6.07) is 18.5. The molecule has 0 spiro atoms. The molecule has 1 heterocycles. The number of rotatable bonds is 7. The first-order valence-corrected chi connectivity index (χ1v) is 11.7. The minimum Gasteiger partial charge on any atom is -0.357 e. The number of halogens is 3. The number of fused-ring (bicyclic) bond motifs is 1. The molecule has 186 valence electrons. The molecule has 4 rings (SSSR count). The van der Waals surface area contributed by atoms with Gasteiger partial charge in [0.1, 0.15) is 12.1 Å². The lowest BCUT2D eigenvalue weighted by Crippen LogP contribution is -2.28. The zero-order chi connectivity index (χ0) is 25.9. The van der Waals surface area contributed by atoms with Gasteiger partial charge in [0.15, 0.2) is 0 Å². The van der Waals surface area contributed by atoms with Crippen LogP contribution >= 0.6 is 0 Å². The largest absolute Gasteiger partial charge is 0.417 e. The van der Waals surface area contributed by atoms with Gasteiger partial charge in [0.25, 0.3) is 5.91 Å². The predicted octanol–water partition coefficient (Wildman–Crippen LogP) is 6.43. The molecular weight excluding hydrogens is 465 g/mol. The highest BCUT2D eigenvalue weighted by Gasteiger charge is 2.35. The smallest absolute Gasteiger partial charge is 0.357 e. The Morgan fingerprint density at radius 1 is 0.889 bits per heavy atom. The Hall–Kier alpha value is -3.94. The van der Waals surface area contributed by atoms with Crippen LogP contribution in [-0.4, -0.2) is 40.9 Å². The maximum atomic E-state index is 13.4. The van der Waals surface area contributed by atoms with Crippen LogP contribution in [0.5, 0.6) is 0 Å². The Morgan fingerprint density at radius 2 is 1.61 bits per heavy atom. The van der Waals surface area contributed by atoms with E-state index in [2.05, 4.69) is 34.8 Å². The van der Waals surface area contributed by atoms with Crippen LogP contribution in [0.3, 0.4) is 0 Å². The number of aromatic nitrogens is 2. The van der Waals surface area contributed by atoms with E-state index in [-0.39, 0.29) is 12.1 Å². The summed E-state index contributed by atoms with van der Waals surface area (Å²) < 4.78 is 40.2. The van der Waals surface area contributed by atoms with E-state index in [9.17, 15) is 18.0 Å². The van der Waals surface area contributed by atoms with Crippen LogP contribution < -0.4 is 4.90 Å². The number of hydrogen-bond donors (Lipinski definition) is 0. The molecule has 5 nitrogen and oxygen atoms in total. The molecule has 1 aromatic heterocycles. The molecular formula is C28H27F3N4O. The molecule has 3 aromatic carbocycles. The molecule has 0 saturated carbocycles. The quantitative estimate of drug-likeness (QED) is 0.298. The first-order chi connectivity index (χ1) is 17.2. The zero-order valence-corrected chi connectivity index (χ0v) is 20.4. The summed E-state index contributed by atoms with van der Waals surface area (Å²) in [5.74, 6) is 0.191. The van der Waals surface area contributed by atoms with E-state index in [1.807, 2.05) is 36.4 Å². The molecule has 36 heavy (non-hydrogen) atoms. The molecule has 1 amide bonds. The van der Waals surface area contributed by atoms with Crippen molar-refractivity contribution in [3.63, 3.8) is 0 Å². The lowest BCUT2D eigenvalue weighted by molar-refractivity contribution is -0.138. The second-order valence-corrected chi connectivity index (χ2v) is 8.51. The minimum atomic E-state index is -4.60. The Bertz CT molecular complexity index is 1380. The number of alkyl halides is 3. The van der Waals surface area contributed by atoms with Crippen molar-refractivity contribution in [1.29, 1.82) is 0 Å². The third-order valence-electron chi connectivity index (χ3n) is 6.17. The Balaban J connectivity index is 1.62. The SMILES string of the molecule is CCN(CC)c1ncnc2ccc(-c3cccc(CN(C)C(=O)c4ccccc4C(F)(F)F)c3)cc12. The van der Waals surface area contributed by atoms with Crippen molar-refractivity contribution in [2.45, 2.75) is 26.6 Å². The third kappa shape index (κ3) is 5.17. The van der Waals surface area contributed by atoms with E-state index >= 15 is 0 Å². The molecule has 0 saturated heterocycles. The molecule has 0 bridgehead atoms. The second kappa shape index (κ2) is 10.4. The summed E-state index contributed by atoms with van der Waals surface area (Å²) in [7, 11) is 1.51. The van der Waals surface area contributed by atoms with Crippen molar-refractivity contribution in [2.24, 2.45) is 0 Å². The molecule has 0 aliphatic carbocycles. The molecule has 0 aliphatic heterocycles. The summed E-state index contributed by atoms with van der Waals surface area (Å²) in [5, 5.41) is 0.945. The average Bonchev–Trinajstić information content (AvgIpc) is 2.88. The predicted molar refractivity (Wildman–Crippen MR) is 136 cm³/mol. The number of benzene rings is 3. The molecule has 4 aromatic rings. The van der Waals surface area contributed by atoms with Gasteiger partial charge in [-0.1, -0.05) is 36.4 Å². The number of hydrogen-bond acceptors (Lipinski definition) is 4. The lowest BCUT2D eigenvalue weighted by Gasteiger charge is -2.21. The van der Waals surface area contributed by atoms with E-state index in [1.54, 1.807) is 6.33 Å². The third-order valence-corrected chi connectivity index (χ3v) is 6.17. The molecule has 0 aliphatic rings. The fourth-order valence-electron chi connectivity index (χ4n) is 4.32. The van der Waals surface area contributed by atoms with E-state index < -0.39 is 17.6 Å². The van der Waals surface area contributed by atoms with Crippen molar-refractivity contribution in [3.05, 3.63) is 89.7 Å². The summed E-state index contributed by atoms with van der Waals surface area (Å²) in [6.45, 7) is 5.96. The van der Waals surface area contributed by atoms with E-state index in [4.69, 9.17) is 0 Å². The van der Waals surface area contributed by atoms with Crippen LogP contribution in [0.1, 0.15) is 35.3 Å². The topological polar surface area (TPSA) is 49.3 Å². The molecule has 0 atom stereocenters. The first-order valence-electron chi connectivity index (χ1n) is 11.7. The number of amides is 1. The highest BCUT2D eigenvalue weighted by molar-refractivity contribution is 5.96. The number of carbonyl (C=O) groups is 1. The number of nitrogens with zero attached hydrogens (tertiary/aromatic N) is 4. The van der Waals surface area contributed by atoms with E-state index in [0.29, 0.717) is 0 Å². The van der Waals surface area contributed by atoms with Gasteiger partial charge in [-0.2, -0.15) is 13.2 Å². The Kier molecular flexibility index (Phi) is 7.24. The van der Waals surface area contributed by atoms with Crippen LogP contribution in [-0.2, 0) is 12.7 Å². The van der Waals surface area contributed by atoms with E-state index in [1.165, 1.54) is 30.1 Å². The fourth-order valence-corrected chi connectivity index (χ4v) is 4.32. The monoisotopic (exact) mass is 492 g/mol. The van der Waals surface area contributed by atoms with Gasteiger partial charge in [-0.3, -0.25) is 4.79 Å². The van der Waals surface area contributed by atoms with Gasteiger partial charge < -0.3 is 9.80 Å². The van der Waals surface area contributed by atoms with Gasteiger partial charge in [-0.15, -0.1) is 0 Å². The maximum Gasteiger partial charge on any atom is 0.417 e. The number of carbonyl (C=O) groups excluding carboxylic acids is 1. The van der Waals surface area contributed by atoms with Crippen LogP contribution in [0.2, 0.25) is 0 Å². The lowest BCUT2D eigenvalue weighted by atomic mass is 10.0. The van der Waals surface area contributed by atoms with Crippen LogP contribution in [0.15, 0.2) is 73.1 Å². The highest BCUT2D eigenvalue weighted by atomic mass is 19.4. The summed E-state index contributed by atoms with van der Waals surface area (Å²) in [6.07, 6.45) is -3.03. The van der Waals surface area contributed by atoms with Gasteiger partial charge in [-0.05, 0) is 60.9 Å². The van der Waals surface area contributed by atoms with Crippen molar-refractivity contribution < 1.29 is 18.0 Å². The van der Waals surface area contributed by atoms with Crippen molar-refractivity contribution in [3.8, 4) is 11.1 Å². The van der Waals surface area contributed by atoms with Gasteiger partial charge >= 0.3 is 6.18 Å². The second-order valence-electron chi connectivity index (χ2n) is 8.51. The summed E-state index contributed by atoms with van der Waals surface area (Å²) >= 11 is 0. The van der Waals surface area contributed by atoms with Crippen molar-refractivity contribution in [2.75, 3.05) is 25.0 Å². The Labute approximate surface area is 208 Å². The van der Waals surface area contributed by atoms with Crippen molar-refractivity contribution >= 4 is 22.6 Å². The molecule has 0 fully saturated rings. The molecule has 0 radical (unpaired) electrons. The first kappa shape index (κ1) is 25.2. The van der Waals surface area contributed by atoms with Crippen LogP contribution in [0, 0.1) is 0 Å². The van der Waals surface area contributed by atoms with Gasteiger partial charge in [-0.25, -0.2) is 9.97 Å². The van der Waals surface area contributed by atoms with Crippen LogP contribution in [0.4, 0.5) is 19.0 Å². The standard InChI is InChI=1S/C28H27F3N4O/c1-4-35(5-2)26-23-16-21(13-14-25(23)32-18-33-26)20-10-8-9-19(15-20)17-34(3)27(36)22-11-6-7-12-24(22)28(29,30)31/h6-16,18H,4-5,17H2,1-3H3. The minimum absolute atomic E-state index is 0.167. The summed E-state index contributed by atoms with van der Waals surface area (Å²) in [4.78, 5) is 25.3. The average molecular weight is 493 g/mol. The van der Waals surface area contributed by atoms with Gasteiger partial charge in [0.05, 0.1) is 16.6 Å². The zero-order valence-electron chi connectivity index (χ0n) is 20.4. The van der Waals surface area contributed by atoms with Gasteiger partial charge in [0, 0.05) is 32.1 Å². The maximum absolute atomic E-state index is 13.4. The molecule has 0 N–H and O–H groups in total. The van der Waals surface area contributed by atoms with Gasteiger partial charge in [0.2, 0.25) is 0 Å². The molecule has 0 unspecified atom stereocenters. The van der Waals surface area contributed by atoms with Crippen molar-refractivity contribution in [1.82, 2.24) is 14.9 Å². The number of anilines is 1. The normalized spacial score (nSPS) is 11.5. The highest BCUT2D eigenvalue weighted by Crippen LogP contribution is 2.33.